The Labute approximate surface area is 122 Å². The summed E-state index contributed by atoms with van der Waals surface area (Å²) in [6, 6.07) is -0.636. The first-order chi connectivity index (χ1) is 10.2. The van der Waals surface area contributed by atoms with E-state index in [0.29, 0.717) is 24.7 Å². The van der Waals surface area contributed by atoms with Crippen LogP contribution in [0.15, 0.2) is 0 Å². The quantitative estimate of drug-likeness (QED) is 0.815. The molecule has 1 saturated heterocycles. The maximum atomic E-state index is 12.3. The van der Waals surface area contributed by atoms with Gasteiger partial charge in [-0.1, -0.05) is 6.92 Å². The molecule has 2 N–H and O–H groups in total. The van der Waals surface area contributed by atoms with Gasteiger partial charge >= 0.3 is 0 Å². The third-order valence-corrected chi connectivity index (χ3v) is 3.75. The van der Waals surface area contributed by atoms with E-state index in [9.17, 15) is 9.59 Å². The number of nitrogens with one attached hydrogen (secondary N) is 2. The summed E-state index contributed by atoms with van der Waals surface area (Å²) in [6.45, 7) is 3.15. The predicted octanol–water partition coefficient (Wildman–Crippen LogP) is 0.0190. The number of ether oxygens (including phenoxy) is 1. The maximum Gasteiger partial charge on any atom is 0.245 e. The van der Waals surface area contributed by atoms with Crippen LogP contribution in [0.2, 0.25) is 0 Å². The van der Waals surface area contributed by atoms with Crippen molar-refractivity contribution in [3.8, 4) is 0 Å². The van der Waals surface area contributed by atoms with E-state index < -0.39 is 6.04 Å². The van der Waals surface area contributed by atoms with Gasteiger partial charge < -0.3 is 10.1 Å². The van der Waals surface area contributed by atoms with E-state index in [4.69, 9.17) is 4.74 Å². The molecule has 1 aromatic rings. The van der Waals surface area contributed by atoms with Crippen LogP contribution in [-0.4, -0.2) is 45.8 Å². The number of hydrogen-bond acceptors (Lipinski definition) is 5. The molecule has 0 spiro atoms. The average molecular weight is 293 g/mol. The van der Waals surface area contributed by atoms with Gasteiger partial charge in [0.15, 0.2) is 5.82 Å². The van der Waals surface area contributed by atoms with Gasteiger partial charge in [-0.05, 0) is 12.8 Å². The molecule has 0 bridgehead atoms. The Hall–Kier alpha value is -1.96. The second-order valence-corrected chi connectivity index (χ2v) is 5.30. The van der Waals surface area contributed by atoms with E-state index in [1.807, 2.05) is 6.92 Å². The molecule has 114 valence electrons. The minimum atomic E-state index is -0.636. The number of carbonyl (C=O) groups is 2. The van der Waals surface area contributed by atoms with Crippen LogP contribution in [0.1, 0.15) is 38.1 Å². The van der Waals surface area contributed by atoms with Crippen molar-refractivity contribution in [2.75, 3.05) is 18.5 Å². The summed E-state index contributed by atoms with van der Waals surface area (Å²) in [5, 5.41) is 9.78. The Kier molecular flexibility index (Phi) is 3.87. The summed E-state index contributed by atoms with van der Waals surface area (Å²) in [5.74, 6) is 0.536. The molecule has 8 nitrogen and oxygen atoms in total. The van der Waals surface area contributed by atoms with E-state index in [0.717, 1.165) is 19.4 Å². The monoisotopic (exact) mass is 293 g/mol. The lowest BCUT2D eigenvalue weighted by atomic mass is 10.1. The van der Waals surface area contributed by atoms with Crippen LogP contribution in [0.5, 0.6) is 0 Å². The standard InChI is InChI=1S/C13H19N5O3/c1-2-10-15-13-16-11(19)6-9(18(13)17-10)12(20)14-7-8-4-3-5-21-8/h8-9H,2-7H2,1H3,(H,14,20)(H,15,16,17,19)/t8-,9-/m1/s1. The first-order valence-corrected chi connectivity index (χ1v) is 7.32. The molecular weight excluding hydrogens is 274 g/mol. The van der Waals surface area contributed by atoms with Gasteiger partial charge in [-0.2, -0.15) is 10.1 Å². The molecule has 3 rings (SSSR count). The summed E-state index contributed by atoms with van der Waals surface area (Å²) in [5.41, 5.74) is 0. The van der Waals surface area contributed by atoms with Crippen LogP contribution >= 0.6 is 0 Å². The topological polar surface area (TPSA) is 98.1 Å². The van der Waals surface area contributed by atoms with Crippen molar-refractivity contribution in [1.82, 2.24) is 20.1 Å². The zero-order valence-corrected chi connectivity index (χ0v) is 12.0. The number of amides is 2. The van der Waals surface area contributed by atoms with Crippen LogP contribution in [0.25, 0.3) is 0 Å². The molecule has 3 heterocycles. The van der Waals surface area contributed by atoms with Crippen molar-refractivity contribution in [1.29, 1.82) is 0 Å². The van der Waals surface area contributed by atoms with Gasteiger partial charge in [0.05, 0.1) is 12.5 Å². The molecule has 0 aliphatic carbocycles. The van der Waals surface area contributed by atoms with Crippen molar-refractivity contribution in [2.45, 2.75) is 44.8 Å². The number of nitrogens with zero attached hydrogens (tertiary/aromatic N) is 3. The second-order valence-electron chi connectivity index (χ2n) is 5.30. The second kappa shape index (κ2) is 5.80. The van der Waals surface area contributed by atoms with Gasteiger partial charge in [0.1, 0.15) is 6.04 Å². The first kappa shape index (κ1) is 14.0. The molecule has 0 aromatic carbocycles. The van der Waals surface area contributed by atoms with E-state index >= 15 is 0 Å². The Morgan fingerprint density at radius 3 is 3.14 bits per heavy atom. The maximum absolute atomic E-state index is 12.3. The number of aryl methyl sites for hydroxylation is 1. The average Bonchev–Trinajstić information content (AvgIpc) is 3.12. The summed E-state index contributed by atoms with van der Waals surface area (Å²) in [7, 11) is 0. The summed E-state index contributed by atoms with van der Waals surface area (Å²) >= 11 is 0. The van der Waals surface area contributed by atoms with Gasteiger partial charge in [0, 0.05) is 19.6 Å². The molecule has 21 heavy (non-hydrogen) atoms. The zero-order chi connectivity index (χ0) is 14.8. The summed E-state index contributed by atoms with van der Waals surface area (Å²) < 4.78 is 6.98. The Bertz CT molecular complexity index is 550. The van der Waals surface area contributed by atoms with Crippen LogP contribution < -0.4 is 10.6 Å². The number of fused-ring (bicyclic) bond motifs is 1. The number of rotatable bonds is 4. The molecule has 2 amide bonds. The van der Waals surface area contributed by atoms with Crippen LogP contribution in [-0.2, 0) is 20.7 Å². The van der Waals surface area contributed by atoms with Gasteiger partial charge in [-0.25, -0.2) is 4.68 Å². The number of anilines is 1. The largest absolute Gasteiger partial charge is 0.376 e. The Morgan fingerprint density at radius 2 is 2.43 bits per heavy atom. The lowest BCUT2D eigenvalue weighted by Gasteiger charge is -2.23. The third-order valence-electron chi connectivity index (χ3n) is 3.75. The fraction of sp³-hybridized carbons (Fsp3) is 0.692. The van der Waals surface area contributed by atoms with Crippen molar-refractivity contribution >= 4 is 17.8 Å². The van der Waals surface area contributed by atoms with Crippen LogP contribution in [0.3, 0.4) is 0 Å². The minimum absolute atomic E-state index is 0.0767. The van der Waals surface area contributed by atoms with E-state index in [-0.39, 0.29) is 24.3 Å². The Balaban J connectivity index is 1.70. The van der Waals surface area contributed by atoms with Gasteiger partial charge in [-0.15, -0.1) is 0 Å². The number of hydrogen-bond donors (Lipinski definition) is 2. The minimum Gasteiger partial charge on any atom is -0.376 e. The molecule has 0 radical (unpaired) electrons. The molecule has 2 aliphatic heterocycles. The molecule has 2 aliphatic rings. The highest BCUT2D eigenvalue weighted by Gasteiger charge is 2.33. The van der Waals surface area contributed by atoms with Crippen molar-refractivity contribution in [3.63, 3.8) is 0 Å². The molecule has 1 fully saturated rings. The van der Waals surface area contributed by atoms with Gasteiger partial charge in [-0.3, -0.25) is 14.9 Å². The number of aromatic nitrogens is 3. The summed E-state index contributed by atoms with van der Waals surface area (Å²) in [6.07, 6.45) is 2.80. The normalized spacial score (nSPS) is 24.5. The SMILES string of the molecule is CCc1nc2n(n1)[C@@H](C(=O)NC[C@H]1CCCO1)CC(=O)N2. The molecule has 2 atom stereocenters. The van der Waals surface area contributed by atoms with Crippen LogP contribution in [0, 0.1) is 0 Å². The lowest BCUT2D eigenvalue weighted by molar-refractivity contribution is -0.129. The molecule has 8 heteroatoms. The predicted molar refractivity (Wildman–Crippen MR) is 73.7 cm³/mol. The molecule has 1 aromatic heterocycles. The highest BCUT2D eigenvalue weighted by molar-refractivity contribution is 5.96. The fourth-order valence-corrected chi connectivity index (χ4v) is 2.60. The van der Waals surface area contributed by atoms with Crippen molar-refractivity contribution in [2.24, 2.45) is 0 Å². The summed E-state index contributed by atoms with van der Waals surface area (Å²) in [4.78, 5) is 28.2. The van der Waals surface area contributed by atoms with E-state index in [2.05, 4.69) is 20.7 Å². The van der Waals surface area contributed by atoms with E-state index in [1.54, 1.807) is 0 Å². The first-order valence-electron chi connectivity index (χ1n) is 7.32. The smallest absolute Gasteiger partial charge is 0.245 e. The van der Waals surface area contributed by atoms with Crippen molar-refractivity contribution < 1.29 is 14.3 Å². The molecular formula is C13H19N5O3. The lowest BCUT2D eigenvalue weighted by Crippen LogP contribution is -2.41. The van der Waals surface area contributed by atoms with E-state index in [1.165, 1.54) is 4.68 Å². The molecule has 0 saturated carbocycles. The van der Waals surface area contributed by atoms with Gasteiger partial charge in [0.25, 0.3) is 0 Å². The third kappa shape index (κ3) is 2.90. The molecule has 0 unspecified atom stereocenters. The van der Waals surface area contributed by atoms with Crippen molar-refractivity contribution in [3.05, 3.63) is 5.82 Å². The fourth-order valence-electron chi connectivity index (χ4n) is 2.60. The Morgan fingerprint density at radius 1 is 1.57 bits per heavy atom. The number of carbonyl (C=O) groups excluding carboxylic acids is 2. The van der Waals surface area contributed by atoms with Gasteiger partial charge in [0.2, 0.25) is 17.8 Å². The zero-order valence-electron chi connectivity index (χ0n) is 12.0. The highest BCUT2D eigenvalue weighted by atomic mass is 16.5. The van der Waals surface area contributed by atoms with Crippen LogP contribution in [0.4, 0.5) is 5.95 Å². The highest BCUT2D eigenvalue weighted by Crippen LogP contribution is 2.23.